The number of Topliss-reactive ketones (excluding diaryl/α,β-unsaturated/α-hetero) is 1. The number of hydrogen-bond donors (Lipinski definition) is 5. The van der Waals surface area contributed by atoms with Crippen molar-refractivity contribution in [1.82, 2.24) is 5.32 Å². The van der Waals surface area contributed by atoms with Crippen molar-refractivity contribution < 1.29 is 53.5 Å². The number of aliphatic hydroxyl groups is 1. The van der Waals surface area contributed by atoms with Crippen molar-refractivity contribution in [2.75, 3.05) is 0 Å². The van der Waals surface area contributed by atoms with Crippen LogP contribution in [0.5, 0.6) is 11.5 Å². The Balaban J connectivity index is 2.01. The molecule has 11 nitrogen and oxygen atoms in total. The predicted molar refractivity (Wildman–Crippen MR) is 180 cm³/mol. The second kappa shape index (κ2) is 21.4. The van der Waals surface area contributed by atoms with Crippen LogP contribution >= 0.6 is 0 Å². The standard InChI is InChI=1S/C37H48FNO10/c1-2-3-4-7-10-15-27(40)16-11-8-5-6-9-12-17-29(37(48,36(46)47)25-33(41)42)34(43)39-31(35(44)45)24-26-20-22-28(23-21-26)49-32-19-14-13-18-30(32)38/h12-14,17-23,29,31,48H,2-11,15-16,24-25H2,1H3,(H,39,43)(H,41,42)(H,44,45)(H,46,47)/b17-12+. The summed E-state index contributed by atoms with van der Waals surface area (Å²) in [5.41, 5.74) is -2.62. The number of carbonyl (C=O) groups is 5. The number of para-hydroxylation sites is 1. The van der Waals surface area contributed by atoms with Crippen LogP contribution in [-0.2, 0) is 30.4 Å². The van der Waals surface area contributed by atoms with Gasteiger partial charge in [-0.05, 0) is 55.5 Å². The molecule has 0 aliphatic heterocycles. The highest BCUT2D eigenvalue weighted by Crippen LogP contribution is 2.27. The van der Waals surface area contributed by atoms with Crippen molar-refractivity contribution in [2.45, 2.75) is 108 Å². The number of halogens is 1. The molecule has 0 heterocycles. The van der Waals surface area contributed by atoms with Crippen LogP contribution in [0.3, 0.4) is 0 Å². The summed E-state index contributed by atoms with van der Waals surface area (Å²) in [5, 5.41) is 42.1. The molecular weight excluding hydrogens is 637 g/mol. The highest BCUT2D eigenvalue weighted by molar-refractivity contribution is 5.94. The van der Waals surface area contributed by atoms with Gasteiger partial charge < -0.3 is 30.5 Å². The van der Waals surface area contributed by atoms with Crippen molar-refractivity contribution in [1.29, 1.82) is 0 Å². The van der Waals surface area contributed by atoms with E-state index in [2.05, 4.69) is 12.2 Å². The van der Waals surface area contributed by atoms with Gasteiger partial charge in [0.2, 0.25) is 5.91 Å². The van der Waals surface area contributed by atoms with Gasteiger partial charge in [0.1, 0.15) is 17.6 Å². The van der Waals surface area contributed by atoms with E-state index in [9.17, 15) is 48.8 Å². The summed E-state index contributed by atoms with van der Waals surface area (Å²) >= 11 is 0. The van der Waals surface area contributed by atoms with Crippen LogP contribution in [-0.4, -0.2) is 61.7 Å². The number of allylic oxidation sites excluding steroid dienone is 1. The molecule has 5 N–H and O–H groups in total. The first kappa shape index (κ1) is 40.6. The Bertz CT molecular complexity index is 1410. The van der Waals surface area contributed by atoms with E-state index in [0.717, 1.165) is 51.0 Å². The first-order valence-electron chi connectivity index (χ1n) is 16.8. The molecule has 49 heavy (non-hydrogen) atoms. The molecule has 1 amide bonds. The van der Waals surface area contributed by atoms with Gasteiger partial charge in [0.05, 0.1) is 12.3 Å². The number of ether oxygens (including phenoxy) is 1. The molecular formula is C37H48FNO10. The van der Waals surface area contributed by atoms with Gasteiger partial charge in [-0.2, -0.15) is 0 Å². The average molecular weight is 686 g/mol. The van der Waals surface area contributed by atoms with Crippen LogP contribution in [0, 0.1) is 11.7 Å². The number of unbranched alkanes of at least 4 members (excludes halogenated alkanes) is 8. The first-order valence-corrected chi connectivity index (χ1v) is 16.8. The number of carboxylic acids is 3. The molecule has 0 fully saturated rings. The summed E-state index contributed by atoms with van der Waals surface area (Å²) in [6, 6.07) is 10.2. The van der Waals surface area contributed by atoms with Gasteiger partial charge >= 0.3 is 17.9 Å². The fourth-order valence-electron chi connectivity index (χ4n) is 5.28. The lowest BCUT2D eigenvalue weighted by Crippen LogP contribution is -2.55. The van der Waals surface area contributed by atoms with Gasteiger partial charge in [0.15, 0.2) is 17.2 Å². The van der Waals surface area contributed by atoms with Gasteiger partial charge in [-0.1, -0.05) is 81.9 Å². The fourth-order valence-corrected chi connectivity index (χ4v) is 5.28. The summed E-state index contributed by atoms with van der Waals surface area (Å²) in [6.45, 7) is 2.14. The molecule has 3 atom stereocenters. The molecule has 0 radical (unpaired) electrons. The monoisotopic (exact) mass is 685 g/mol. The topological polar surface area (TPSA) is 188 Å². The van der Waals surface area contributed by atoms with E-state index in [1.165, 1.54) is 55.0 Å². The molecule has 0 aromatic heterocycles. The van der Waals surface area contributed by atoms with E-state index < -0.39 is 53.6 Å². The lowest BCUT2D eigenvalue weighted by atomic mass is 9.82. The summed E-state index contributed by atoms with van der Waals surface area (Å²) in [4.78, 5) is 61.0. The molecule has 2 aromatic carbocycles. The molecule has 2 aromatic rings. The minimum absolute atomic E-state index is 0.00686. The van der Waals surface area contributed by atoms with Gasteiger partial charge in [-0.15, -0.1) is 0 Å². The van der Waals surface area contributed by atoms with Crippen LogP contribution in [0.25, 0.3) is 0 Å². The molecule has 0 aliphatic rings. The zero-order chi connectivity index (χ0) is 36.2. The third-order valence-electron chi connectivity index (χ3n) is 8.09. The number of amides is 1. The van der Waals surface area contributed by atoms with E-state index in [4.69, 9.17) is 4.74 Å². The number of carboxylic acid groups (broad SMARTS) is 3. The van der Waals surface area contributed by atoms with E-state index in [1.54, 1.807) is 6.07 Å². The Morgan fingerprint density at radius 2 is 1.47 bits per heavy atom. The van der Waals surface area contributed by atoms with Crippen LogP contribution in [0.4, 0.5) is 4.39 Å². The van der Waals surface area contributed by atoms with Crippen molar-refractivity contribution in [3.8, 4) is 11.5 Å². The highest BCUT2D eigenvalue weighted by atomic mass is 19.1. The molecule has 0 saturated carbocycles. The van der Waals surface area contributed by atoms with E-state index >= 15 is 0 Å². The largest absolute Gasteiger partial charge is 0.481 e. The van der Waals surface area contributed by atoms with Crippen LogP contribution in [0.2, 0.25) is 0 Å². The summed E-state index contributed by atoms with van der Waals surface area (Å²) in [5.74, 6) is -8.22. The number of benzene rings is 2. The SMILES string of the molecule is CCCCCCCC(=O)CCCCCC/C=C/C(C(=O)NC(Cc1ccc(Oc2ccccc2F)cc1)C(=O)O)C(O)(CC(=O)O)C(=O)O. The molecule has 0 spiro atoms. The number of carbonyl (C=O) groups excluding carboxylic acids is 2. The predicted octanol–water partition coefficient (Wildman–Crippen LogP) is 6.46. The molecule has 2 rings (SSSR count). The van der Waals surface area contributed by atoms with E-state index in [1.807, 2.05) is 0 Å². The average Bonchev–Trinajstić information content (AvgIpc) is 3.04. The van der Waals surface area contributed by atoms with Gasteiger partial charge in [-0.3, -0.25) is 14.4 Å². The molecule has 0 aliphatic carbocycles. The normalized spacial score (nSPS) is 13.7. The zero-order valence-corrected chi connectivity index (χ0v) is 27.9. The highest BCUT2D eigenvalue weighted by Gasteiger charge is 2.49. The fraction of sp³-hybridized carbons (Fsp3) is 0.486. The minimum Gasteiger partial charge on any atom is -0.481 e. The first-order chi connectivity index (χ1) is 23.4. The quantitative estimate of drug-likeness (QED) is 0.0573. The molecule has 0 saturated heterocycles. The van der Waals surface area contributed by atoms with Crippen LogP contribution in [0.1, 0.15) is 96.0 Å². The lowest BCUT2D eigenvalue weighted by molar-refractivity contribution is -0.172. The summed E-state index contributed by atoms with van der Waals surface area (Å²) in [6.07, 6.45) is 10.9. The Hall–Kier alpha value is -4.58. The number of aliphatic carboxylic acids is 3. The summed E-state index contributed by atoms with van der Waals surface area (Å²) < 4.78 is 19.4. The van der Waals surface area contributed by atoms with Crippen molar-refractivity contribution in [2.24, 2.45) is 5.92 Å². The third-order valence-corrected chi connectivity index (χ3v) is 8.09. The van der Waals surface area contributed by atoms with E-state index in [0.29, 0.717) is 31.2 Å². The lowest BCUT2D eigenvalue weighted by Gasteiger charge is -2.29. The Labute approximate surface area is 286 Å². The second-order valence-corrected chi connectivity index (χ2v) is 12.1. The minimum atomic E-state index is -3.06. The van der Waals surface area contributed by atoms with Crippen molar-refractivity contribution in [3.63, 3.8) is 0 Å². The van der Waals surface area contributed by atoms with E-state index in [-0.39, 0.29) is 23.7 Å². The number of nitrogens with one attached hydrogen (secondary N) is 1. The Kier molecular flexibility index (Phi) is 17.7. The second-order valence-electron chi connectivity index (χ2n) is 12.1. The number of ketones is 1. The molecule has 0 bridgehead atoms. The third kappa shape index (κ3) is 14.6. The molecule has 268 valence electrons. The Morgan fingerprint density at radius 1 is 0.857 bits per heavy atom. The maximum absolute atomic E-state index is 13.9. The van der Waals surface area contributed by atoms with Gasteiger partial charge in [0.25, 0.3) is 0 Å². The number of rotatable bonds is 25. The zero-order valence-electron chi connectivity index (χ0n) is 27.9. The summed E-state index contributed by atoms with van der Waals surface area (Å²) in [7, 11) is 0. The maximum Gasteiger partial charge on any atom is 0.337 e. The molecule has 12 heteroatoms. The number of hydrogen-bond acceptors (Lipinski definition) is 7. The van der Waals surface area contributed by atoms with Crippen LogP contribution < -0.4 is 10.1 Å². The smallest absolute Gasteiger partial charge is 0.337 e. The van der Waals surface area contributed by atoms with Gasteiger partial charge in [-0.25, -0.2) is 14.0 Å². The maximum atomic E-state index is 13.9. The van der Waals surface area contributed by atoms with Crippen molar-refractivity contribution >= 4 is 29.6 Å². The Morgan fingerprint density at radius 3 is 2.04 bits per heavy atom. The van der Waals surface area contributed by atoms with Crippen LogP contribution in [0.15, 0.2) is 60.7 Å². The van der Waals surface area contributed by atoms with Gasteiger partial charge in [0, 0.05) is 19.3 Å². The molecule has 3 unspecified atom stereocenters. The van der Waals surface area contributed by atoms with Crippen molar-refractivity contribution in [3.05, 3.63) is 72.1 Å².